The topological polar surface area (TPSA) is 103 Å². The van der Waals surface area contributed by atoms with E-state index in [2.05, 4.69) is 15.1 Å². The molecule has 0 unspecified atom stereocenters. The molecule has 4 aromatic rings. The van der Waals surface area contributed by atoms with E-state index >= 15 is 0 Å². The summed E-state index contributed by atoms with van der Waals surface area (Å²) in [7, 11) is -3.77. The maximum Gasteiger partial charge on any atom is 0.412 e. The van der Waals surface area contributed by atoms with Crippen LogP contribution in [0.15, 0.2) is 77.7 Å². The molecule has 0 spiro atoms. The Hall–Kier alpha value is -3.91. The lowest BCUT2D eigenvalue weighted by Gasteiger charge is -2.41. The molecule has 0 bridgehead atoms. The van der Waals surface area contributed by atoms with Gasteiger partial charge in [-0.3, -0.25) is 14.6 Å². The molecular weight excluding hydrogens is 672 g/mol. The second-order valence-electron chi connectivity index (χ2n) is 13.3. The van der Waals surface area contributed by atoms with Gasteiger partial charge >= 0.3 is 6.18 Å². The summed E-state index contributed by atoms with van der Waals surface area (Å²) >= 11 is 0. The Morgan fingerprint density at radius 3 is 2.40 bits per heavy atom. The van der Waals surface area contributed by atoms with Gasteiger partial charge < -0.3 is 10.4 Å². The molecule has 6 rings (SSSR count). The molecule has 50 heavy (non-hydrogen) atoms. The summed E-state index contributed by atoms with van der Waals surface area (Å²) in [5.74, 6) is -1.04. The van der Waals surface area contributed by atoms with Crippen LogP contribution in [0.4, 0.5) is 17.6 Å². The van der Waals surface area contributed by atoms with Gasteiger partial charge in [-0.1, -0.05) is 48.5 Å². The number of halogens is 4. The first-order valence-corrected chi connectivity index (χ1v) is 18.6. The van der Waals surface area contributed by atoms with Crippen LogP contribution in [0.3, 0.4) is 0 Å². The van der Waals surface area contributed by atoms with Gasteiger partial charge in [-0.05, 0) is 80.7 Å². The Morgan fingerprint density at radius 1 is 1.00 bits per heavy atom. The number of fused-ring (bicyclic) bond motifs is 1. The predicted molar refractivity (Wildman–Crippen MR) is 183 cm³/mol. The monoisotopic (exact) mass is 712 g/mol. The van der Waals surface area contributed by atoms with Gasteiger partial charge in [-0.2, -0.15) is 13.2 Å². The summed E-state index contributed by atoms with van der Waals surface area (Å²) in [6.07, 6.45) is -0.931. The van der Waals surface area contributed by atoms with E-state index in [-0.39, 0.29) is 45.6 Å². The van der Waals surface area contributed by atoms with Crippen molar-refractivity contribution in [1.29, 1.82) is 0 Å². The lowest BCUT2D eigenvalue weighted by atomic mass is 9.93. The van der Waals surface area contributed by atoms with Crippen LogP contribution in [0.1, 0.15) is 58.8 Å². The number of aliphatic hydroxyl groups excluding tert-OH is 1. The molecule has 3 aromatic carbocycles. The zero-order valence-electron chi connectivity index (χ0n) is 27.7. The van der Waals surface area contributed by atoms with Gasteiger partial charge in [0.2, 0.25) is 0 Å². The van der Waals surface area contributed by atoms with E-state index in [1.165, 1.54) is 42.5 Å². The zero-order chi connectivity index (χ0) is 35.6. The molecule has 1 aromatic heterocycles. The Labute approximate surface area is 289 Å². The third kappa shape index (κ3) is 8.01. The number of carbonyl (C=O) groups is 1. The molecule has 2 aliphatic heterocycles. The van der Waals surface area contributed by atoms with Crippen LogP contribution < -0.4 is 5.32 Å². The largest absolute Gasteiger partial charge is 0.412 e. The molecule has 8 nitrogen and oxygen atoms in total. The Balaban J connectivity index is 1.48. The van der Waals surface area contributed by atoms with Gasteiger partial charge in [0.25, 0.3) is 5.91 Å². The van der Waals surface area contributed by atoms with Crippen molar-refractivity contribution >= 4 is 26.6 Å². The van der Waals surface area contributed by atoms with E-state index in [1.807, 2.05) is 0 Å². The number of pyridine rings is 1. The van der Waals surface area contributed by atoms with Crippen LogP contribution in [0.2, 0.25) is 0 Å². The minimum absolute atomic E-state index is 0.0944. The Bertz CT molecular complexity index is 1950. The third-order valence-corrected chi connectivity index (χ3v) is 10.8. The van der Waals surface area contributed by atoms with Crippen molar-refractivity contribution in [3.8, 4) is 11.3 Å². The van der Waals surface area contributed by atoms with Crippen LogP contribution in [-0.4, -0.2) is 85.0 Å². The fraction of sp³-hybridized carbons (Fsp3) is 0.405. The number of alkyl halides is 4. The highest BCUT2D eigenvalue weighted by Crippen LogP contribution is 2.37. The number of rotatable bonds is 9. The standard InChI is InChI=1S/C37H40F4N4O4S/c1-50(48,49)29-12-13-32-30(20-29)33(36(47)43-35(37(39,40)41)25-8-3-2-4-9-25)31(34(42-32)26-10-5-7-24(19-26)21-38)23-44-17-14-27(15-18-44)45-16-6-11-28(46)22-45/h2-5,7-10,12-13,19-20,27-28,35,46H,6,11,14-18,21-23H2,1H3,(H,43,47)/t28-,35-/m1/s1. The highest BCUT2D eigenvalue weighted by atomic mass is 32.2. The maximum absolute atomic E-state index is 14.6. The van der Waals surface area contributed by atoms with Crippen molar-refractivity contribution in [2.75, 3.05) is 32.4 Å². The van der Waals surface area contributed by atoms with Crippen LogP contribution in [0.25, 0.3) is 22.2 Å². The average molecular weight is 713 g/mol. The van der Waals surface area contributed by atoms with Gasteiger partial charge in [0.15, 0.2) is 15.9 Å². The molecule has 2 saturated heterocycles. The summed E-state index contributed by atoms with van der Waals surface area (Å²) in [4.78, 5) is 23.6. The van der Waals surface area contributed by atoms with E-state index in [4.69, 9.17) is 4.98 Å². The SMILES string of the molecule is CS(=O)(=O)c1ccc2nc(-c3cccc(CF)c3)c(CN3CCC(N4CCC[C@@H](O)C4)CC3)c(C(=O)N[C@H](c3ccccc3)C(F)(F)F)c2c1. The number of aromatic nitrogens is 1. The number of hydrogen-bond acceptors (Lipinski definition) is 7. The number of carbonyl (C=O) groups excluding carboxylic acids is 1. The van der Waals surface area contributed by atoms with E-state index in [0.717, 1.165) is 38.5 Å². The molecule has 266 valence electrons. The van der Waals surface area contributed by atoms with Gasteiger partial charge in [0.1, 0.15) is 6.67 Å². The average Bonchev–Trinajstić information content (AvgIpc) is 3.09. The number of benzene rings is 3. The normalized spacial score (nSPS) is 19.0. The van der Waals surface area contributed by atoms with Crippen molar-refractivity contribution in [3.05, 3.63) is 95.1 Å². The zero-order valence-corrected chi connectivity index (χ0v) is 28.5. The Morgan fingerprint density at radius 2 is 1.74 bits per heavy atom. The fourth-order valence-corrected chi connectivity index (χ4v) is 7.80. The van der Waals surface area contributed by atoms with Crippen LogP contribution in [-0.2, 0) is 23.1 Å². The number of amides is 1. The Kier molecular flexibility index (Phi) is 10.6. The summed E-state index contributed by atoms with van der Waals surface area (Å²) in [6, 6.07) is 15.6. The molecular formula is C37H40F4N4O4S. The van der Waals surface area contributed by atoms with Crippen molar-refractivity contribution in [2.24, 2.45) is 0 Å². The van der Waals surface area contributed by atoms with Crippen LogP contribution in [0.5, 0.6) is 0 Å². The lowest BCUT2D eigenvalue weighted by Crippen LogP contribution is -2.49. The highest BCUT2D eigenvalue weighted by molar-refractivity contribution is 7.90. The van der Waals surface area contributed by atoms with Gasteiger partial charge in [0, 0.05) is 41.9 Å². The van der Waals surface area contributed by atoms with E-state index < -0.39 is 34.6 Å². The predicted octanol–water partition coefficient (Wildman–Crippen LogP) is 6.23. The quantitative estimate of drug-likeness (QED) is 0.199. The molecule has 2 N–H and O–H groups in total. The van der Waals surface area contributed by atoms with Crippen molar-refractivity contribution in [3.63, 3.8) is 0 Å². The first-order chi connectivity index (χ1) is 23.8. The molecule has 2 atom stereocenters. The van der Waals surface area contributed by atoms with Crippen molar-refractivity contribution < 1.29 is 35.9 Å². The number of sulfone groups is 1. The van der Waals surface area contributed by atoms with Gasteiger partial charge in [-0.25, -0.2) is 17.8 Å². The summed E-state index contributed by atoms with van der Waals surface area (Å²) in [5.41, 5.74) is 1.38. The molecule has 0 saturated carbocycles. The minimum Gasteiger partial charge on any atom is -0.392 e. The number of nitrogens with zero attached hydrogens (tertiary/aromatic N) is 3. The molecule has 2 fully saturated rings. The minimum atomic E-state index is -4.85. The summed E-state index contributed by atoms with van der Waals surface area (Å²) in [6.45, 7) is 2.10. The smallest absolute Gasteiger partial charge is 0.392 e. The number of aliphatic hydroxyl groups is 1. The number of β-amino-alcohol motifs (C(OH)–C–C–N with tert-alkyl or cyclic N) is 1. The first kappa shape index (κ1) is 35.9. The molecule has 0 aliphatic carbocycles. The second-order valence-corrected chi connectivity index (χ2v) is 15.3. The molecule has 1 amide bonds. The lowest BCUT2D eigenvalue weighted by molar-refractivity contribution is -0.155. The molecule has 2 aliphatic rings. The van der Waals surface area contributed by atoms with E-state index in [1.54, 1.807) is 30.3 Å². The number of nitrogens with one attached hydrogen (secondary N) is 1. The van der Waals surface area contributed by atoms with Crippen LogP contribution in [0, 0.1) is 0 Å². The van der Waals surface area contributed by atoms with Crippen molar-refractivity contribution in [1.82, 2.24) is 20.1 Å². The van der Waals surface area contributed by atoms with Crippen LogP contribution >= 0.6 is 0 Å². The van der Waals surface area contributed by atoms with Crippen molar-refractivity contribution in [2.45, 2.75) is 68.2 Å². The number of likely N-dealkylation sites (tertiary alicyclic amines) is 2. The number of hydrogen-bond donors (Lipinski definition) is 2. The highest BCUT2D eigenvalue weighted by Gasteiger charge is 2.42. The fourth-order valence-electron chi connectivity index (χ4n) is 7.15. The summed E-state index contributed by atoms with van der Waals surface area (Å²) in [5, 5.41) is 12.5. The van der Waals surface area contributed by atoms with E-state index in [9.17, 15) is 35.9 Å². The molecule has 13 heteroatoms. The maximum atomic E-state index is 14.6. The summed E-state index contributed by atoms with van der Waals surface area (Å²) < 4.78 is 82.9. The third-order valence-electron chi connectivity index (χ3n) is 9.69. The van der Waals surface area contributed by atoms with Gasteiger partial charge in [0.05, 0.1) is 27.8 Å². The second kappa shape index (κ2) is 14.7. The first-order valence-electron chi connectivity index (χ1n) is 16.7. The molecule has 3 heterocycles. The number of piperidine rings is 2. The van der Waals surface area contributed by atoms with Gasteiger partial charge in [-0.15, -0.1) is 0 Å². The van der Waals surface area contributed by atoms with E-state index in [0.29, 0.717) is 42.0 Å². The molecule has 0 radical (unpaired) electrons.